The highest BCUT2D eigenvalue weighted by Gasteiger charge is 2.21. The number of carbonyl (C=O) groups excluding carboxylic acids is 1. The second-order valence-electron chi connectivity index (χ2n) is 5.31. The van der Waals surface area contributed by atoms with Gasteiger partial charge in [0.1, 0.15) is 0 Å². The Labute approximate surface area is 121 Å². The lowest BCUT2D eigenvalue weighted by atomic mass is 10.1. The van der Waals surface area contributed by atoms with E-state index in [1.807, 2.05) is 12.1 Å². The molecule has 4 nitrogen and oxygen atoms in total. The number of carbonyl (C=O) groups is 1. The van der Waals surface area contributed by atoms with Gasteiger partial charge in [0.15, 0.2) is 0 Å². The van der Waals surface area contributed by atoms with E-state index in [9.17, 15) is 4.79 Å². The standard InChI is InChI=1S/C16H24N2O2/c1-3-5-15-11-17-8-9-18(15)12-13-6-4-7-14(10-13)16(19)20-2/h4,6-7,10,15,17H,3,5,8-9,11-12H2,1-2H3. The van der Waals surface area contributed by atoms with Gasteiger partial charge in [0.05, 0.1) is 12.7 Å². The van der Waals surface area contributed by atoms with E-state index in [4.69, 9.17) is 4.74 Å². The number of methoxy groups -OCH3 is 1. The maximum atomic E-state index is 11.6. The smallest absolute Gasteiger partial charge is 0.337 e. The van der Waals surface area contributed by atoms with Crippen LogP contribution in [-0.2, 0) is 11.3 Å². The molecule has 0 radical (unpaired) electrons. The molecule has 0 bridgehead atoms. The van der Waals surface area contributed by atoms with Crippen LogP contribution in [0.2, 0.25) is 0 Å². The lowest BCUT2D eigenvalue weighted by molar-refractivity contribution is 0.0600. The van der Waals surface area contributed by atoms with Crippen LogP contribution >= 0.6 is 0 Å². The van der Waals surface area contributed by atoms with Crippen LogP contribution in [0.1, 0.15) is 35.7 Å². The summed E-state index contributed by atoms with van der Waals surface area (Å²) in [6.45, 7) is 6.29. The zero-order chi connectivity index (χ0) is 14.4. The molecule has 1 aliphatic rings. The molecule has 1 heterocycles. The van der Waals surface area contributed by atoms with Crippen molar-refractivity contribution >= 4 is 5.97 Å². The molecule has 1 unspecified atom stereocenters. The van der Waals surface area contributed by atoms with Crippen LogP contribution in [0.25, 0.3) is 0 Å². The molecule has 1 aromatic carbocycles. The Morgan fingerprint density at radius 2 is 2.35 bits per heavy atom. The van der Waals surface area contributed by atoms with Crippen molar-refractivity contribution in [2.45, 2.75) is 32.4 Å². The fraction of sp³-hybridized carbons (Fsp3) is 0.562. The van der Waals surface area contributed by atoms with Gasteiger partial charge in [-0.2, -0.15) is 0 Å². The average Bonchev–Trinajstić information content (AvgIpc) is 2.49. The zero-order valence-corrected chi connectivity index (χ0v) is 12.4. The summed E-state index contributed by atoms with van der Waals surface area (Å²) in [7, 11) is 1.42. The lowest BCUT2D eigenvalue weighted by Gasteiger charge is -2.36. The maximum Gasteiger partial charge on any atom is 0.337 e. The number of ether oxygens (including phenoxy) is 1. The molecule has 0 aliphatic carbocycles. The molecular formula is C16H24N2O2. The van der Waals surface area contributed by atoms with Crippen LogP contribution in [0.15, 0.2) is 24.3 Å². The van der Waals surface area contributed by atoms with Gasteiger partial charge in [-0.15, -0.1) is 0 Å². The van der Waals surface area contributed by atoms with Crippen LogP contribution in [0.3, 0.4) is 0 Å². The molecule has 0 amide bonds. The predicted octanol–water partition coefficient (Wildman–Crippen LogP) is 2.05. The first-order chi connectivity index (χ1) is 9.74. The lowest BCUT2D eigenvalue weighted by Crippen LogP contribution is -2.50. The van der Waals surface area contributed by atoms with Gasteiger partial charge in [0.2, 0.25) is 0 Å². The van der Waals surface area contributed by atoms with Crippen molar-refractivity contribution < 1.29 is 9.53 Å². The number of hydrogen-bond acceptors (Lipinski definition) is 4. The quantitative estimate of drug-likeness (QED) is 0.836. The van der Waals surface area contributed by atoms with Crippen LogP contribution < -0.4 is 5.32 Å². The van der Waals surface area contributed by atoms with Gasteiger partial charge >= 0.3 is 5.97 Å². The van der Waals surface area contributed by atoms with E-state index in [2.05, 4.69) is 23.2 Å². The molecule has 2 rings (SSSR count). The number of nitrogens with zero attached hydrogens (tertiary/aromatic N) is 1. The summed E-state index contributed by atoms with van der Waals surface area (Å²) in [5, 5.41) is 3.46. The normalized spacial score (nSPS) is 19.8. The summed E-state index contributed by atoms with van der Waals surface area (Å²) in [4.78, 5) is 14.1. The predicted molar refractivity (Wildman–Crippen MR) is 79.8 cm³/mol. The van der Waals surface area contributed by atoms with Crippen LogP contribution in [0.5, 0.6) is 0 Å². The van der Waals surface area contributed by atoms with E-state index in [1.54, 1.807) is 6.07 Å². The number of esters is 1. The summed E-state index contributed by atoms with van der Waals surface area (Å²) in [6.07, 6.45) is 2.41. The van der Waals surface area contributed by atoms with E-state index < -0.39 is 0 Å². The number of piperazine rings is 1. The van der Waals surface area contributed by atoms with Gasteiger partial charge in [-0.1, -0.05) is 25.5 Å². The molecule has 1 aromatic rings. The first-order valence-electron chi connectivity index (χ1n) is 7.36. The minimum Gasteiger partial charge on any atom is -0.465 e. The number of benzene rings is 1. The summed E-state index contributed by atoms with van der Waals surface area (Å²) >= 11 is 0. The summed E-state index contributed by atoms with van der Waals surface area (Å²) in [6, 6.07) is 8.35. The summed E-state index contributed by atoms with van der Waals surface area (Å²) in [5.74, 6) is -0.266. The fourth-order valence-electron chi connectivity index (χ4n) is 2.78. The second kappa shape index (κ2) is 7.41. The second-order valence-corrected chi connectivity index (χ2v) is 5.31. The van der Waals surface area contributed by atoms with Crippen molar-refractivity contribution in [3.63, 3.8) is 0 Å². The molecule has 1 atom stereocenters. The third kappa shape index (κ3) is 3.81. The van der Waals surface area contributed by atoms with Gasteiger partial charge in [-0.05, 0) is 24.1 Å². The molecular weight excluding hydrogens is 252 g/mol. The Bertz CT molecular complexity index is 446. The summed E-state index contributed by atoms with van der Waals surface area (Å²) in [5.41, 5.74) is 1.81. The molecule has 110 valence electrons. The highest BCUT2D eigenvalue weighted by molar-refractivity contribution is 5.89. The highest BCUT2D eigenvalue weighted by atomic mass is 16.5. The molecule has 1 fully saturated rings. The zero-order valence-electron chi connectivity index (χ0n) is 12.4. The first-order valence-corrected chi connectivity index (χ1v) is 7.36. The largest absolute Gasteiger partial charge is 0.465 e. The van der Waals surface area contributed by atoms with Crippen molar-refractivity contribution in [1.29, 1.82) is 0 Å². The van der Waals surface area contributed by atoms with Crippen molar-refractivity contribution in [1.82, 2.24) is 10.2 Å². The Morgan fingerprint density at radius 3 is 3.10 bits per heavy atom. The molecule has 0 aromatic heterocycles. The molecule has 1 saturated heterocycles. The number of rotatable bonds is 5. The first kappa shape index (κ1) is 15.0. The molecule has 4 heteroatoms. The van der Waals surface area contributed by atoms with Gasteiger partial charge in [-0.3, -0.25) is 4.90 Å². The van der Waals surface area contributed by atoms with Gasteiger partial charge in [0.25, 0.3) is 0 Å². The minimum atomic E-state index is -0.266. The molecule has 0 saturated carbocycles. The van der Waals surface area contributed by atoms with Crippen LogP contribution in [-0.4, -0.2) is 43.7 Å². The van der Waals surface area contributed by atoms with Crippen molar-refractivity contribution in [3.05, 3.63) is 35.4 Å². The van der Waals surface area contributed by atoms with E-state index in [0.29, 0.717) is 11.6 Å². The summed E-state index contributed by atoms with van der Waals surface area (Å²) < 4.78 is 4.78. The Balaban J connectivity index is 2.06. The van der Waals surface area contributed by atoms with E-state index in [0.717, 1.165) is 26.2 Å². The monoisotopic (exact) mass is 276 g/mol. The Kier molecular flexibility index (Phi) is 5.56. The highest BCUT2D eigenvalue weighted by Crippen LogP contribution is 2.15. The molecule has 20 heavy (non-hydrogen) atoms. The minimum absolute atomic E-state index is 0.266. The third-order valence-corrected chi connectivity index (χ3v) is 3.83. The van der Waals surface area contributed by atoms with Crippen molar-refractivity contribution in [3.8, 4) is 0 Å². The van der Waals surface area contributed by atoms with Gasteiger partial charge in [0, 0.05) is 32.2 Å². The van der Waals surface area contributed by atoms with E-state index in [-0.39, 0.29) is 5.97 Å². The third-order valence-electron chi connectivity index (χ3n) is 3.83. The van der Waals surface area contributed by atoms with Gasteiger partial charge < -0.3 is 10.1 Å². The Hall–Kier alpha value is -1.39. The Morgan fingerprint density at radius 1 is 1.50 bits per heavy atom. The van der Waals surface area contributed by atoms with Crippen molar-refractivity contribution in [2.75, 3.05) is 26.7 Å². The van der Waals surface area contributed by atoms with E-state index >= 15 is 0 Å². The molecule has 0 spiro atoms. The van der Waals surface area contributed by atoms with Crippen LogP contribution in [0.4, 0.5) is 0 Å². The topological polar surface area (TPSA) is 41.6 Å². The number of hydrogen-bond donors (Lipinski definition) is 1. The van der Waals surface area contributed by atoms with Crippen molar-refractivity contribution in [2.24, 2.45) is 0 Å². The van der Waals surface area contributed by atoms with Crippen LogP contribution in [0, 0.1) is 0 Å². The average molecular weight is 276 g/mol. The fourth-order valence-corrected chi connectivity index (χ4v) is 2.78. The SMILES string of the molecule is CCCC1CNCCN1Cc1cccc(C(=O)OC)c1. The number of nitrogens with one attached hydrogen (secondary N) is 1. The molecule has 1 aliphatic heterocycles. The molecule has 1 N–H and O–H groups in total. The van der Waals surface area contributed by atoms with Gasteiger partial charge in [-0.25, -0.2) is 4.79 Å². The maximum absolute atomic E-state index is 11.6. The van der Waals surface area contributed by atoms with E-state index in [1.165, 1.54) is 25.5 Å².